The second-order valence-corrected chi connectivity index (χ2v) is 9.71. The van der Waals surface area contributed by atoms with Gasteiger partial charge in [0.15, 0.2) is 17.4 Å². The Bertz CT molecular complexity index is 919. The Morgan fingerprint density at radius 3 is 2.65 bits per heavy atom. The minimum Gasteiger partial charge on any atom is -0.483 e. The lowest BCUT2D eigenvalue weighted by molar-refractivity contribution is 0.113. The Morgan fingerprint density at radius 2 is 1.84 bits per heavy atom. The van der Waals surface area contributed by atoms with E-state index in [-0.39, 0.29) is 12.4 Å². The van der Waals surface area contributed by atoms with Crippen molar-refractivity contribution in [2.45, 2.75) is 77.6 Å². The maximum atomic E-state index is 14.9. The molecule has 4 atom stereocenters. The number of hydrogen-bond donors (Lipinski definition) is 0. The second kappa shape index (κ2) is 10.1. The zero-order chi connectivity index (χ0) is 21.8. The summed E-state index contributed by atoms with van der Waals surface area (Å²) in [6.07, 6.45) is 15.5. The Morgan fingerprint density at radius 1 is 1.03 bits per heavy atom. The predicted molar refractivity (Wildman–Crippen MR) is 125 cm³/mol. The third kappa shape index (κ3) is 4.96. The molecule has 2 aliphatic rings. The summed E-state index contributed by atoms with van der Waals surface area (Å²) in [6.45, 7) is 4.30. The number of fused-ring (bicyclic) bond motifs is 2. The number of ether oxygens (including phenoxy) is 1. The van der Waals surface area contributed by atoms with Crippen molar-refractivity contribution < 1.29 is 13.5 Å². The molecule has 0 amide bonds. The van der Waals surface area contributed by atoms with Crippen LogP contribution in [0.5, 0.6) is 5.75 Å². The number of rotatable bonds is 7. The number of unbranched alkanes of at least 4 members (excludes halogenated alkanes) is 1. The van der Waals surface area contributed by atoms with Gasteiger partial charge in [-0.1, -0.05) is 63.0 Å². The van der Waals surface area contributed by atoms with Crippen molar-refractivity contribution in [3.05, 3.63) is 53.6 Å². The van der Waals surface area contributed by atoms with Gasteiger partial charge in [0.25, 0.3) is 0 Å². The van der Waals surface area contributed by atoms with Gasteiger partial charge in [-0.05, 0) is 79.7 Å². The van der Waals surface area contributed by atoms with Crippen LogP contribution in [0, 0.1) is 29.4 Å². The fraction of sp³-hybridized carbons (Fsp3) is 0.571. The van der Waals surface area contributed by atoms with E-state index in [0.29, 0.717) is 16.7 Å². The molecule has 2 saturated carbocycles. The molecule has 0 aromatic heterocycles. The summed E-state index contributed by atoms with van der Waals surface area (Å²) in [5.41, 5.74) is 1.24. The lowest BCUT2D eigenvalue weighted by Crippen LogP contribution is -2.30. The number of hydrogen-bond acceptors (Lipinski definition) is 1. The molecule has 0 saturated heterocycles. The van der Waals surface area contributed by atoms with Crippen molar-refractivity contribution in [2.24, 2.45) is 17.8 Å². The number of benzene rings is 2. The minimum absolute atomic E-state index is 0.165. The molecule has 0 heterocycles. The molecule has 0 bridgehead atoms. The SMILES string of the molecule is C/C=C/COc1c(F)cc2cc([C@@H]3CC[C@@H]4CC(CCCC)CCC4C3)ccc2c1F. The molecule has 2 aliphatic carbocycles. The molecule has 31 heavy (non-hydrogen) atoms. The fourth-order valence-electron chi connectivity index (χ4n) is 5.99. The van der Waals surface area contributed by atoms with Crippen LogP contribution >= 0.6 is 0 Å². The molecular formula is C28H36F2O. The van der Waals surface area contributed by atoms with Gasteiger partial charge < -0.3 is 4.74 Å². The highest BCUT2D eigenvalue weighted by Gasteiger charge is 2.35. The second-order valence-electron chi connectivity index (χ2n) is 9.71. The molecule has 0 N–H and O–H groups in total. The average Bonchev–Trinajstić information content (AvgIpc) is 2.79. The summed E-state index contributed by atoms with van der Waals surface area (Å²) in [5.74, 6) is 1.66. The van der Waals surface area contributed by atoms with E-state index in [1.54, 1.807) is 12.2 Å². The normalized spacial score (nSPS) is 26.3. The maximum Gasteiger partial charge on any atom is 0.191 e. The molecule has 4 rings (SSSR count). The van der Waals surface area contributed by atoms with Crippen molar-refractivity contribution in [1.82, 2.24) is 0 Å². The lowest BCUT2D eigenvalue weighted by Gasteiger charge is -2.42. The molecule has 0 aliphatic heterocycles. The summed E-state index contributed by atoms with van der Waals surface area (Å²) in [7, 11) is 0. The van der Waals surface area contributed by atoms with Gasteiger partial charge in [-0.15, -0.1) is 0 Å². The highest BCUT2D eigenvalue weighted by Crippen LogP contribution is 2.48. The van der Waals surface area contributed by atoms with Crippen LogP contribution in [0.3, 0.4) is 0 Å². The Balaban J connectivity index is 1.47. The van der Waals surface area contributed by atoms with Gasteiger partial charge in [0, 0.05) is 5.39 Å². The molecule has 2 aromatic carbocycles. The standard InChI is InChI=1S/C28H36F2O/c1-3-5-7-19-8-9-21-16-22(11-10-20(21)15-19)23-12-13-25-24(17-23)18-26(29)28(27(25)30)31-14-6-4-2/h4,6,12-13,17-22H,3,5,7-11,14-16H2,1-2H3/b6-4+/t19?,20-,21?,22-/m1/s1. The largest absolute Gasteiger partial charge is 0.483 e. The Labute approximate surface area is 185 Å². The van der Waals surface area contributed by atoms with E-state index < -0.39 is 11.6 Å². The molecule has 3 heteroatoms. The monoisotopic (exact) mass is 426 g/mol. The van der Waals surface area contributed by atoms with Gasteiger partial charge in [0.05, 0.1) is 0 Å². The first-order valence-corrected chi connectivity index (χ1v) is 12.3. The summed E-state index contributed by atoms with van der Waals surface area (Å²) in [4.78, 5) is 0. The van der Waals surface area contributed by atoms with E-state index in [1.807, 2.05) is 19.1 Å². The number of halogens is 2. The molecular weight excluding hydrogens is 390 g/mol. The summed E-state index contributed by atoms with van der Waals surface area (Å²) < 4.78 is 34.7. The van der Waals surface area contributed by atoms with Crippen LogP contribution in [0.15, 0.2) is 36.4 Å². The van der Waals surface area contributed by atoms with Gasteiger partial charge >= 0.3 is 0 Å². The smallest absolute Gasteiger partial charge is 0.191 e. The number of allylic oxidation sites excluding steroid dienone is 1. The molecule has 2 fully saturated rings. The van der Waals surface area contributed by atoms with Crippen molar-refractivity contribution in [3.8, 4) is 5.75 Å². The fourth-order valence-corrected chi connectivity index (χ4v) is 5.99. The van der Waals surface area contributed by atoms with Crippen LogP contribution in [0.1, 0.15) is 83.1 Å². The van der Waals surface area contributed by atoms with Crippen molar-refractivity contribution >= 4 is 10.8 Å². The van der Waals surface area contributed by atoms with Gasteiger partial charge in [-0.3, -0.25) is 0 Å². The highest BCUT2D eigenvalue weighted by molar-refractivity contribution is 5.85. The lowest BCUT2D eigenvalue weighted by atomic mass is 9.63. The van der Waals surface area contributed by atoms with Crippen LogP contribution in [0.4, 0.5) is 8.78 Å². The summed E-state index contributed by atoms with van der Waals surface area (Å²) in [6, 6.07) is 7.30. The predicted octanol–water partition coefficient (Wildman–Crippen LogP) is 8.56. The molecule has 0 spiro atoms. The molecule has 168 valence electrons. The molecule has 0 radical (unpaired) electrons. The van der Waals surface area contributed by atoms with Gasteiger partial charge in [-0.2, -0.15) is 0 Å². The van der Waals surface area contributed by atoms with E-state index in [1.165, 1.54) is 69.4 Å². The molecule has 2 aromatic rings. The van der Waals surface area contributed by atoms with Crippen molar-refractivity contribution in [1.29, 1.82) is 0 Å². The Hall–Kier alpha value is -1.90. The average molecular weight is 427 g/mol. The van der Waals surface area contributed by atoms with Crippen LogP contribution in [-0.4, -0.2) is 6.61 Å². The third-order valence-corrected chi connectivity index (χ3v) is 7.73. The zero-order valence-electron chi connectivity index (χ0n) is 19.0. The first-order chi connectivity index (χ1) is 15.1. The molecule has 1 nitrogen and oxygen atoms in total. The summed E-state index contributed by atoms with van der Waals surface area (Å²) >= 11 is 0. The van der Waals surface area contributed by atoms with E-state index in [4.69, 9.17) is 4.74 Å². The van der Waals surface area contributed by atoms with Crippen molar-refractivity contribution in [3.63, 3.8) is 0 Å². The van der Waals surface area contributed by atoms with Crippen LogP contribution in [-0.2, 0) is 0 Å². The van der Waals surface area contributed by atoms with E-state index in [0.717, 1.165) is 17.8 Å². The first-order valence-electron chi connectivity index (χ1n) is 12.3. The Kier molecular flexibility index (Phi) is 7.30. The maximum absolute atomic E-state index is 14.9. The zero-order valence-corrected chi connectivity index (χ0v) is 19.0. The quantitative estimate of drug-likeness (QED) is 0.403. The molecule has 2 unspecified atom stereocenters. The van der Waals surface area contributed by atoms with Gasteiger partial charge in [0.2, 0.25) is 0 Å². The van der Waals surface area contributed by atoms with Crippen molar-refractivity contribution in [2.75, 3.05) is 6.61 Å². The highest BCUT2D eigenvalue weighted by atomic mass is 19.1. The first kappa shape index (κ1) is 22.3. The van der Waals surface area contributed by atoms with E-state index >= 15 is 0 Å². The van der Waals surface area contributed by atoms with Gasteiger partial charge in [-0.25, -0.2) is 8.78 Å². The van der Waals surface area contributed by atoms with E-state index in [2.05, 4.69) is 13.0 Å². The topological polar surface area (TPSA) is 9.23 Å². The van der Waals surface area contributed by atoms with Crippen LogP contribution in [0.2, 0.25) is 0 Å². The van der Waals surface area contributed by atoms with Crippen LogP contribution in [0.25, 0.3) is 10.8 Å². The van der Waals surface area contributed by atoms with E-state index in [9.17, 15) is 8.78 Å². The van der Waals surface area contributed by atoms with Gasteiger partial charge in [0.1, 0.15) is 6.61 Å². The summed E-state index contributed by atoms with van der Waals surface area (Å²) in [5, 5.41) is 1.07. The van der Waals surface area contributed by atoms with Crippen LogP contribution < -0.4 is 4.74 Å². The third-order valence-electron chi connectivity index (χ3n) is 7.73. The minimum atomic E-state index is -0.624.